The van der Waals surface area contributed by atoms with Crippen LogP contribution in [0.25, 0.3) is 10.9 Å². The van der Waals surface area contributed by atoms with Gasteiger partial charge in [0.15, 0.2) is 0 Å². The van der Waals surface area contributed by atoms with Crippen LogP contribution in [0.4, 0.5) is 4.79 Å². The summed E-state index contributed by atoms with van der Waals surface area (Å²) < 4.78 is 10.8. The lowest BCUT2D eigenvalue weighted by Gasteiger charge is -2.24. The van der Waals surface area contributed by atoms with Gasteiger partial charge in [-0.3, -0.25) is 0 Å². The lowest BCUT2D eigenvalue weighted by atomic mass is 9.98. The number of aromatic amines is 1. The number of rotatable bonds is 4. The maximum absolute atomic E-state index is 12.4. The van der Waals surface area contributed by atoms with E-state index in [9.17, 15) is 4.79 Å². The largest absolute Gasteiger partial charge is 0.497 e. The Labute approximate surface area is 153 Å². The van der Waals surface area contributed by atoms with E-state index in [0.717, 1.165) is 27.8 Å². The fraction of sp³-hybridized carbons (Fsp3) is 0.286. The number of alkyl carbamates (subject to hydrolysis) is 1. The quantitative estimate of drug-likeness (QED) is 0.709. The molecule has 2 aromatic carbocycles. The molecular weight excluding hydrogens is 328 g/mol. The first-order chi connectivity index (χ1) is 12.4. The van der Waals surface area contributed by atoms with Crippen LogP contribution in [0.5, 0.6) is 5.75 Å². The number of H-pyrrole nitrogens is 1. The standard InChI is InChI=1S/C21H24N2O3/c1-21(2,3)26-20(24)23-19(14-8-6-5-7-9-14)17-13-22-18-11-10-15(25-4)12-16(17)18/h5-13,19,22H,1-4H3,(H,23,24)/t19-/m0/s1. The fourth-order valence-corrected chi connectivity index (χ4v) is 2.90. The lowest BCUT2D eigenvalue weighted by Crippen LogP contribution is -2.35. The molecule has 0 radical (unpaired) electrons. The minimum atomic E-state index is -0.561. The van der Waals surface area contributed by atoms with Gasteiger partial charge in [-0.1, -0.05) is 30.3 Å². The zero-order valence-corrected chi connectivity index (χ0v) is 15.5. The lowest BCUT2D eigenvalue weighted by molar-refractivity contribution is 0.0512. The molecule has 1 amide bonds. The third-order valence-electron chi connectivity index (χ3n) is 4.03. The summed E-state index contributed by atoms with van der Waals surface area (Å²) in [6.45, 7) is 5.54. The number of fused-ring (bicyclic) bond motifs is 1. The van der Waals surface area contributed by atoms with Crippen molar-refractivity contribution in [2.45, 2.75) is 32.4 Å². The van der Waals surface area contributed by atoms with Crippen molar-refractivity contribution < 1.29 is 14.3 Å². The Morgan fingerprint density at radius 3 is 2.50 bits per heavy atom. The minimum absolute atomic E-state index is 0.341. The van der Waals surface area contributed by atoms with Gasteiger partial charge in [0.2, 0.25) is 0 Å². The summed E-state index contributed by atoms with van der Waals surface area (Å²) in [5.74, 6) is 0.766. The van der Waals surface area contributed by atoms with Crippen molar-refractivity contribution in [3.05, 3.63) is 65.9 Å². The van der Waals surface area contributed by atoms with Crippen LogP contribution < -0.4 is 10.1 Å². The van der Waals surface area contributed by atoms with E-state index < -0.39 is 11.7 Å². The number of carbonyl (C=O) groups is 1. The maximum Gasteiger partial charge on any atom is 0.408 e. The highest BCUT2D eigenvalue weighted by Crippen LogP contribution is 2.31. The van der Waals surface area contributed by atoms with E-state index in [1.54, 1.807) is 7.11 Å². The molecule has 0 saturated heterocycles. The fourth-order valence-electron chi connectivity index (χ4n) is 2.90. The second kappa shape index (κ2) is 7.12. The van der Waals surface area contributed by atoms with Crippen molar-refractivity contribution in [1.82, 2.24) is 10.3 Å². The van der Waals surface area contributed by atoms with Crippen molar-refractivity contribution in [2.75, 3.05) is 7.11 Å². The summed E-state index contributed by atoms with van der Waals surface area (Å²) in [6.07, 6.45) is 1.46. The van der Waals surface area contributed by atoms with Crippen LogP contribution >= 0.6 is 0 Å². The molecule has 3 rings (SSSR count). The van der Waals surface area contributed by atoms with Crippen molar-refractivity contribution in [2.24, 2.45) is 0 Å². The molecule has 0 spiro atoms. The number of aromatic nitrogens is 1. The molecule has 0 unspecified atom stereocenters. The number of hydrogen-bond donors (Lipinski definition) is 2. The number of carbonyl (C=O) groups excluding carboxylic acids is 1. The Bertz CT molecular complexity index is 895. The van der Waals surface area contributed by atoms with Gasteiger partial charge in [-0.2, -0.15) is 0 Å². The summed E-state index contributed by atoms with van der Waals surface area (Å²) in [5.41, 5.74) is 2.35. The molecule has 26 heavy (non-hydrogen) atoms. The Balaban J connectivity index is 2.02. The average Bonchev–Trinajstić information content (AvgIpc) is 3.01. The Morgan fingerprint density at radius 1 is 1.12 bits per heavy atom. The van der Waals surface area contributed by atoms with Crippen LogP contribution in [0.1, 0.15) is 37.9 Å². The molecule has 1 heterocycles. The van der Waals surface area contributed by atoms with Crippen LogP contribution in [0, 0.1) is 0 Å². The molecule has 1 aromatic heterocycles. The zero-order valence-electron chi connectivity index (χ0n) is 15.5. The Hall–Kier alpha value is -2.95. The van der Waals surface area contributed by atoms with E-state index >= 15 is 0 Å². The van der Waals surface area contributed by atoms with Gasteiger partial charge in [0, 0.05) is 22.7 Å². The molecular formula is C21H24N2O3. The van der Waals surface area contributed by atoms with Gasteiger partial charge in [0.25, 0.3) is 0 Å². The summed E-state index contributed by atoms with van der Waals surface area (Å²) >= 11 is 0. The zero-order chi connectivity index (χ0) is 18.7. The first-order valence-corrected chi connectivity index (χ1v) is 8.57. The second-order valence-corrected chi connectivity index (χ2v) is 7.15. The summed E-state index contributed by atoms with van der Waals surface area (Å²) in [5, 5.41) is 3.99. The average molecular weight is 352 g/mol. The maximum atomic E-state index is 12.4. The SMILES string of the molecule is COc1ccc2[nH]cc([C@@H](NC(=O)OC(C)(C)C)c3ccccc3)c2c1. The molecule has 2 N–H and O–H groups in total. The van der Waals surface area contributed by atoms with Crippen molar-refractivity contribution in [1.29, 1.82) is 0 Å². The number of benzene rings is 2. The van der Waals surface area contributed by atoms with Crippen molar-refractivity contribution in [3.63, 3.8) is 0 Å². The first-order valence-electron chi connectivity index (χ1n) is 8.57. The monoisotopic (exact) mass is 352 g/mol. The number of hydrogen-bond acceptors (Lipinski definition) is 3. The normalized spacial score (nSPS) is 12.6. The molecule has 0 bridgehead atoms. The molecule has 0 aliphatic heterocycles. The highest BCUT2D eigenvalue weighted by molar-refractivity contribution is 5.86. The highest BCUT2D eigenvalue weighted by Gasteiger charge is 2.24. The van der Waals surface area contributed by atoms with Gasteiger partial charge >= 0.3 is 6.09 Å². The topological polar surface area (TPSA) is 63.3 Å². The van der Waals surface area contributed by atoms with Gasteiger partial charge in [-0.15, -0.1) is 0 Å². The van der Waals surface area contributed by atoms with Gasteiger partial charge in [0.05, 0.1) is 13.2 Å². The molecule has 0 fully saturated rings. The van der Waals surface area contributed by atoms with Gasteiger partial charge in [-0.05, 0) is 44.5 Å². The number of amides is 1. The molecule has 3 aromatic rings. The highest BCUT2D eigenvalue weighted by atomic mass is 16.6. The first kappa shape index (κ1) is 17.9. The van der Waals surface area contributed by atoms with Crippen LogP contribution in [0.2, 0.25) is 0 Å². The molecule has 0 aliphatic carbocycles. The van der Waals surface area contributed by atoms with Crippen molar-refractivity contribution >= 4 is 17.0 Å². The van der Waals surface area contributed by atoms with E-state index in [2.05, 4.69) is 10.3 Å². The predicted octanol–water partition coefficient (Wildman–Crippen LogP) is 4.79. The van der Waals surface area contributed by atoms with Crippen LogP contribution in [0.15, 0.2) is 54.7 Å². The van der Waals surface area contributed by atoms with E-state index in [4.69, 9.17) is 9.47 Å². The predicted molar refractivity (Wildman–Crippen MR) is 103 cm³/mol. The van der Waals surface area contributed by atoms with Crippen molar-refractivity contribution in [3.8, 4) is 5.75 Å². The number of methoxy groups -OCH3 is 1. The Morgan fingerprint density at radius 2 is 1.85 bits per heavy atom. The van der Waals surface area contributed by atoms with Crippen LogP contribution in [-0.2, 0) is 4.74 Å². The number of ether oxygens (including phenoxy) is 2. The van der Waals surface area contributed by atoms with Crippen LogP contribution in [-0.4, -0.2) is 23.8 Å². The van der Waals surface area contributed by atoms with Gasteiger partial charge in [0.1, 0.15) is 11.4 Å². The summed E-state index contributed by atoms with van der Waals surface area (Å²) in [7, 11) is 1.64. The summed E-state index contributed by atoms with van der Waals surface area (Å²) in [6, 6.07) is 15.3. The third kappa shape index (κ3) is 3.99. The number of nitrogens with one attached hydrogen (secondary N) is 2. The van der Waals surface area contributed by atoms with E-state index in [1.807, 2.05) is 75.5 Å². The second-order valence-electron chi connectivity index (χ2n) is 7.15. The van der Waals surface area contributed by atoms with E-state index in [1.165, 1.54) is 0 Å². The molecule has 1 atom stereocenters. The Kier molecular flexibility index (Phi) is 4.89. The molecule has 5 nitrogen and oxygen atoms in total. The van der Waals surface area contributed by atoms with Gasteiger partial charge in [-0.25, -0.2) is 4.79 Å². The van der Waals surface area contributed by atoms with Crippen LogP contribution in [0.3, 0.4) is 0 Å². The van der Waals surface area contributed by atoms with Gasteiger partial charge < -0.3 is 19.8 Å². The molecule has 5 heteroatoms. The third-order valence-corrected chi connectivity index (χ3v) is 4.03. The smallest absolute Gasteiger partial charge is 0.408 e. The van der Waals surface area contributed by atoms with E-state index in [-0.39, 0.29) is 6.04 Å². The molecule has 136 valence electrons. The van der Waals surface area contributed by atoms with E-state index in [0.29, 0.717) is 0 Å². The molecule has 0 aliphatic rings. The molecule has 0 saturated carbocycles. The minimum Gasteiger partial charge on any atom is -0.497 e. The summed E-state index contributed by atoms with van der Waals surface area (Å²) in [4.78, 5) is 15.7.